The molecule has 28 heavy (non-hydrogen) atoms. The molecule has 0 unspecified atom stereocenters. The third kappa shape index (κ3) is 6.17. The van der Waals surface area contributed by atoms with Crippen LogP contribution in [0, 0.1) is 13.8 Å². The highest BCUT2D eigenvalue weighted by Gasteiger charge is 2.29. The fraction of sp³-hybridized carbons (Fsp3) is 0.409. The number of amides is 1. The number of nitrogens with zero attached hydrogens (tertiary/aromatic N) is 1. The number of hydrogen-bond donors (Lipinski definition) is 1. The van der Waals surface area contributed by atoms with Gasteiger partial charge in [-0.2, -0.15) is 4.31 Å². The Morgan fingerprint density at radius 2 is 1.68 bits per heavy atom. The van der Waals surface area contributed by atoms with Crippen molar-refractivity contribution in [3.05, 3.63) is 65.2 Å². The first-order valence-corrected chi connectivity index (χ1v) is 10.9. The molecule has 0 fully saturated rings. The molecule has 0 aromatic heterocycles. The molecule has 0 radical (unpaired) electrons. The lowest BCUT2D eigenvalue weighted by Gasteiger charge is -2.26. The summed E-state index contributed by atoms with van der Waals surface area (Å²) in [6.45, 7) is 9.28. The number of carbonyl (C=O) groups excluding carboxylic acids is 1. The van der Waals surface area contributed by atoms with Gasteiger partial charge < -0.3 is 5.32 Å². The van der Waals surface area contributed by atoms with Gasteiger partial charge >= 0.3 is 0 Å². The second kappa shape index (κ2) is 8.88. The van der Waals surface area contributed by atoms with E-state index in [0.717, 1.165) is 11.1 Å². The van der Waals surface area contributed by atoms with Crippen LogP contribution in [0.25, 0.3) is 0 Å². The van der Waals surface area contributed by atoms with Crippen LogP contribution in [0.1, 0.15) is 37.5 Å². The molecule has 1 N–H and O–H groups in total. The highest BCUT2D eigenvalue weighted by molar-refractivity contribution is 7.89. The van der Waals surface area contributed by atoms with Crippen molar-refractivity contribution in [3.63, 3.8) is 0 Å². The standard InChI is InChI=1S/C22H30N2O3S/c1-17-11-12-18(2)20(15-17)28(26,27)24(16-21(25)23-22(3,4)5)14-13-19-9-7-6-8-10-19/h6-12,15H,13-14,16H2,1-5H3,(H,23,25). The maximum atomic E-state index is 13.4. The Balaban J connectivity index is 2.32. The van der Waals surface area contributed by atoms with Crippen molar-refractivity contribution in [3.8, 4) is 0 Å². The molecule has 5 nitrogen and oxygen atoms in total. The fourth-order valence-corrected chi connectivity index (χ4v) is 4.63. The van der Waals surface area contributed by atoms with Crippen molar-refractivity contribution in [2.75, 3.05) is 13.1 Å². The van der Waals surface area contributed by atoms with Crippen LogP contribution in [0.15, 0.2) is 53.4 Å². The molecule has 0 aliphatic carbocycles. The lowest BCUT2D eigenvalue weighted by Crippen LogP contribution is -2.47. The van der Waals surface area contributed by atoms with Gasteiger partial charge in [-0.15, -0.1) is 0 Å². The van der Waals surface area contributed by atoms with Crippen LogP contribution in [-0.4, -0.2) is 37.3 Å². The summed E-state index contributed by atoms with van der Waals surface area (Å²) >= 11 is 0. The lowest BCUT2D eigenvalue weighted by molar-refractivity contribution is -0.122. The summed E-state index contributed by atoms with van der Waals surface area (Å²) in [6.07, 6.45) is 0.535. The smallest absolute Gasteiger partial charge is 0.243 e. The normalized spacial score (nSPS) is 12.2. The Kier molecular flexibility index (Phi) is 7.01. The van der Waals surface area contributed by atoms with Crippen LogP contribution < -0.4 is 5.32 Å². The average molecular weight is 403 g/mol. The highest BCUT2D eigenvalue weighted by atomic mass is 32.2. The van der Waals surface area contributed by atoms with Gasteiger partial charge in [0.2, 0.25) is 15.9 Å². The van der Waals surface area contributed by atoms with E-state index in [1.165, 1.54) is 4.31 Å². The Morgan fingerprint density at radius 3 is 2.29 bits per heavy atom. The van der Waals surface area contributed by atoms with E-state index in [0.29, 0.717) is 12.0 Å². The summed E-state index contributed by atoms with van der Waals surface area (Å²) in [7, 11) is -3.80. The van der Waals surface area contributed by atoms with Crippen LogP contribution in [-0.2, 0) is 21.2 Å². The minimum Gasteiger partial charge on any atom is -0.350 e. The molecular weight excluding hydrogens is 372 g/mol. The fourth-order valence-electron chi connectivity index (χ4n) is 2.92. The lowest BCUT2D eigenvalue weighted by atomic mass is 10.1. The summed E-state index contributed by atoms with van der Waals surface area (Å²) in [5.74, 6) is -0.311. The van der Waals surface area contributed by atoms with E-state index in [4.69, 9.17) is 0 Å². The largest absolute Gasteiger partial charge is 0.350 e. The van der Waals surface area contributed by atoms with Gasteiger partial charge in [0.15, 0.2) is 0 Å². The molecule has 0 saturated carbocycles. The molecule has 0 aliphatic rings. The first kappa shape index (κ1) is 22.1. The van der Waals surface area contributed by atoms with Gasteiger partial charge in [0, 0.05) is 12.1 Å². The van der Waals surface area contributed by atoms with Gasteiger partial charge in [-0.25, -0.2) is 8.42 Å². The van der Waals surface area contributed by atoms with Crippen LogP contribution in [0.3, 0.4) is 0 Å². The van der Waals surface area contributed by atoms with Crippen LogP contribution >= 0.6 is 0 Å². The molecule has 6 heteroatoms. The van der Waals surface area contributed by atoms with Crippen LogP contribution in [0.2, 0.25) is 0 Å². The van der Waals surface area contributed by atoms with Gasteiger partial charge in [0.25, 0.3) is 0 Å². The third-order valence-corrected chi connectivity index (χ3v) is 6.28. The summed E-state index contributed by atoms with van der Waals surface area (Å²) < 4.78 is 28.0. The van der Waals surface area contributed by atoms with Crippen molar-refractivity contribution in [2.24, 2.45) is 0 Å². The van der Waals surface area contributed by atoms with Crippen molar-refractivity contribution in [1.82, 2.24) is 9.62 Å². The predicted octanol–water partition coefficient (Wildman–Crippen LogP) is 3.45. The molecule has 152 valence electrons. The van der Waals surface area contributed by atoms with E-state index < -0.39 is 15.6 Å². The van der Waals surface area contributed by atoms with Crippen LogP contribution in [0.4, 0.5) is 0 Å². The van der Waals surface area contributed by atoms with Gasteiger partial charge in [-0.3, -0.25) is 4.79 Å². The molecule has 0 saturated heterocycles. The van der Waals surface area contributed by atoms with Crippen molar-refractivity contribution < 1.29 is 13.2 Å². The van der Waals surface area contributed by atoms with E-state index in [9.17, 15) is 13.2 Å². The minimum absolute atomic E-state index is 0.209. The van der Waals surface area contributed by atoms with E-state index in [-0.39, 0.29) is 23.9 Å². The Bertz CT molecular complexity index is 917. The Hall–Kier alpha value is -2.18. The van der Waals surface area contributed by atoms with Crippen LogP contribution in [0.5, 0.6) is 0 Å². The summed E-state index contributed by atoms with van der Waals surface area (Å²) in [5.41, 5.74) is 2.14. The first-order valence-electron chi connectivity index (χ1n) is 9.41. The topological polar surface area (TPSA) is 66.5 Å². The zero-order chi connectivity index (χ0) is 20.9. The second-order valence-electron chi connectivity index (χ2n) is 8.14. The van der Waals surface area contributed by atoms with Gasteiger partial charge in [0.05, 0.1) is 11.4 Å². The Labute approximate surface area is 168 Å². The monoisotopic (exact) mass is 402 g/mol. The molecule has 1 amide bonds. The maximum absolute atomic E-state index is 13.4. The maximum Gasteiger partial charge on any atom is 0.243 e. The highest BCUT2D eigenvalue weighted by Crippen LogP contribution is 2.22. The zero-order valence-electron chi connectivity index (χ0n) is 17.3. The second-order valence-corrected chi connectivity index (χ2v) is 10.0. The quantitative estimate of drug-likeness (QED) is 0.771. The number of aryl methyl sites for hydroxylation is 2. The van der Waals surface area contributed by atoms with Gasteiger partial charge in [-0.1, -0.05) is 42.5 Å². The Morgan fingerprint density at radius 1 is 1.04 bits per heavy atom. The number of carbonyl (C=O) groups is 1. The SMILES string of the molecule is Cc1ccc(C)c(S(=O)(=O)N(CCc2ccccc2)CC(=O)NC(C)(C)C)c1. The van der Waals surface area contributed by atoms with E-state index in [1.54, 1.807) is 19.1 Å². The van der Waals surface area contributed by atoms with Crippen molar-refractivity contribution in [2.45, 2.75) is 51.5 Å². The van der Waals surface area contributed by atoms with Gasteiger partial charge in [0.1, 0.15) is 0 Å². The number of hydrogen-bond acceptors (Lipinski definition) is 3. The van der Waals surface area contributed by atoms with Gasteiger partial charge in [-0.05, 0) is 63.8 Å². The molecule has 0 spiro atoms. The molecular formula is C22H30N2O3S. The van der Waals surface area contributed by atoms with Crippen molar-refractivity contribution in [1.29, 1.82) is 0 Å². The molecule has 2 rings (SSSR count). The summed E-state index contributed by atoms with van der Waals surface area (Å²) in [4.78, 5) is 12.7. The molecule has 0 bridgehead atoms. The molecule has 0 aliphatic heterocycles. The molecule has 2 aromatic rings. The zero-order valence-corrected chi connectivity index (χ0v) is 18.1. The average Bonchev–Trinajstić information content (AvgIpc) is 2.59. The molecule has 2 aromatic carbocycles. The first-order chi connectivity index (χ1) is 13.0. The molecule has 0 heterocycles. The van der Waals surface area contributed by atoms with E-state index in [1.807, 2.05) is 64.1 Å². The van der Waals surface area contributed by atoms with E-state index in [2.05, 4.69) is 5.32 Å². The number of sulfonamides is 1. The number of rotatable bonds is 7. The number of nitrogens with one attached hydrogen (secondary N) is 1. The third-order valence-electron chi connectivity index (χ3n) is 4.29. The molecule has 0 atom stereocenters. The van der Waals surface area contributed by atoms with E-state index >= 15 is 0 Å². The number of benzene rings is 2. The van der Waals surface area contributed by atoms with Crippen molar-refractivity contribution >= 4 is 15.9 Å². The predicted molar refractivity (Wildman–Crippen MR) is 113 cm³/mol. The minimum atomic E-state index is -3.80. The summed E-state index contributed by atoms with van der Waals surface area (Å²) in [5, 5.41) is 2.85. The summed E-state index contributed by atoms with van der Waals surface area (Å²) in [6, 6.07) is 15.0.